The van der Waals surface area contributed by atoms with Crippen LogP contribution in [0, 0.1) is 6.92 Å². The molecule has 35 heavy (non-hydrogen) atoms. The lowest BCUT2D eigenvalue weighted by Gasteiger charge is -2.13. The van der Waals surface area contributed by atoms with E-state index in [9.17, 15) is 19.2 Å². The van der Waals surface area contributed by atoms with Gasteiger partial charge in [-0.2, -0.15) is 0 Å². The van der Waals surface area contributed by atoms with Crippen LogP contribution < -0.4 is 11.2 Å². The third kappa shape index (κ3) is 5.58. The van der Waals surface area contributed by atoms with Crippen molar-refractivity contribution in [3.63, 3.8) is 0 Å². The van der Waals surface area contributed by atoms with Gasteiger partial charge in [-0.25, -0.2) is 4.79 Å². The van der Waals surface area contributed by atoms with Gasteiger partial charge in [-0.15, -0.1) is 0 Å². The molecule has 7 heteroatoms. The number of benzene rings is 2. The molecule has 0 amide bonds. The van der Waals surface area contributed by atoms with Gasteiger partial charge in [0.25, 0.3) is 5.56 Å². The van der Waals surface area contributed by atoms with E-state index in [1.165, 1.54) is 16.8 Å². The summed E-state index contributed by atoms with van der Waals surface area (Å²) in [7, 11) is 1.57. The molecule has 0 fully saturated rings. The van der Waals surface area contributed by atoms with Crippen LogP contribution in [0.1, 0.15) is 49.5 Å². The number of carbonyl (C=O) groups excluding carboxylic acids is 2. The quantitative estimate of drug-likeness (QED) is 0.293. The van der Waals surface area contributed by atoms with E-state index in [1.807, 2.05) is 43.3 Å². The van der Waals surface area contributed by atoms with Crippen LogP contribution in [0.15, 0.2) is 88.7 Å². The second-order valence-electron chi connectivity index (χ2n) is 8.53. The Bertz CT molecular complexity index is 1520. The van der Waals surface area contributed by atoms with Crippen molar-refractivity contribution in [2.75, 3.05) is 0 Å². The Balaban J connectivity index is 1.69. The molecule has 0 unspecified atom stereocenters. The monoisotopic (exact) mass is 467 g/mol. The maximum atomic E-state index is 13.3. The Morgan fingerprint density at radius 1 is 0.886 bits per heavy atom. The van der Waals surface area contributed by atoms with Crippen LogP contribution >= 0.6 is 0 Å². The van der Waals surface area contributed by atoms with Crippen LogP contribution in [0.4, 0.5) is 0 Å². The average Bonchev–Trinajstić information content (AvgIpc) is 2.85. The highest BCUT2D eigenvalue weighted by molar-refractivity contribution is 6.13. The molecule has 0 N–H and O–H groups in total. The number of ketones is 2. The number of rotatable bonds is 8. The highest BCUT2D eigenvalue weighted by atomic mass is 16.2. The summed E-state index contributed by atoms with van der Waals surface area (Å²) < 4.78 is 2.44. The summed E-state index contributed by atoms with van der Waals surface area (Å²) in [4.78, 5) is 55.0. The molecule has 0 spiro atoms. The summed E-state index contributed by atoms with van der Waals surface area (Å²) in [5, 5.41) is 0. The van der Waals surface area contributed by atoms with Crippen LogP contribution in [0.5, 0.6) is 0 Å². The molecule has 176 valence electrons. The van der Waals surface area contributed by atoms with Gasteiger partial charge in [0.15, 0.2) is 11.6 Å². The molecule has 0 aliphatic heterocycles. The van der Waals surface area contributed by atoms with Crippen LogP contribution in [-0.2, 0) is 20.0 Å². The van der Waals surface area contributed by atoms with Crippen molar-refractivity contribution in [1.29, 1.82) is 0 Å². The maximum Gasteiger partial charge on any atom is 0.331 e. The SMILES string of the molecule is Cc1ccnc(C(=O)CC(=O)c2cc(Cn3c(=O)ccn(C)c3=O)ccc2Cc2ccccc2)c1. The molecule has 0 bridgehead atoms. The van der Waals surface area contributed by atoms with Gasteiger partial charge in [-0.1, -0.05) is 42.5 Å². The summed E-state index contributed by atoms with van der Waals surface area (Å²) >= 11 is 0. The van der Waals surface area contributed by atoms with Gasteiger partial charge in [0.1, 0.15) is 5.69 Å². The van der Waals surface area contributed by atoms with Gasteiger partial charge >= 0.3 is 5.69 Å². The first-order valence-corrected chi connectivity index (χ1v) is 11.2. The van der Waals surface area contributed by atoms with Crippen molar-refractivity contribution in [1.82, 2.24) is 14.1 Å². The van der Waals surface area contributed by atoms with Gasteiger partial charge in [0.2, 0.25) is 0 Å². The molecule has 2 aromatic carbocycles. The zero-order valence-corrected chi connectivity index (χ0v) is 19.6. The van der Waals surface area contributed by atoms with E-state index in [0.717, 1.165) is 21.3 Å². The van der Waals surface area contributed by atoms with E-state index in [-0.39, 0.29) is 30.2 Å². The minimum Gasteiger partial charge on any atom is -0.303 e. The first-order valence-electron chi connectivity index (χ1n) is 11.2. The molecule has 2 aromatic heterocycles. The lowest BCUT2D eigenvalue weighted by Crippen LogP contribution is -2.38. The average molecular weight is 468 g/mol. The van der Waals surface area contributed by atoms with Crippen molar-refractivity contribution < 1.29 is 9.59 Å². The Kier molecular flexibility index (Phi) is 6.96. The molecule has 0 aliphatic rings. The first kappa shape index (κ1) is 23.8. The number of carbonyl (C=O) groups is 2. The fraction of sp³-hybridized carbons (Fsp3) is 0.179. The number of Topliss-reactive ketones (excluding diaryl/α,β-unsaturated/α-hetero) is 2. The van der Waals surface area contributed by atoms with Gasteiger partial charge < -0.3 is 4.57 Å². The largest absolute Gasteiger partial charge is 0.331 e. The lowest BCUT2D eigenvalue weighted by atomic mass is 9.93. The fourth-order valence-corrected chi connectivity index (χ4v) is 3.91. The van der Waals surface area contributed by atoms with Crippen molar-refractivity contribution in [3.05, 3.63) is 133 Å². The van der Waals surface area contributed by atoms with E-state index in [1.54, 1.807) is 37.5 Å². The third-order valence-electron chi connectivity index (χ3n) is 5.81. The topological polar surface area (TPSA) is 91.0 Å². The highest BCUT2D eigenvalue weighted by Crippen LogP contribution is 2.20. The molecule has 0 aliphatic carbocycles. The Hall–Kier alpha value is -4.39. The van der Waals surface area contributed by atoms with Crippen LogP contribution in [0.3, 0.4) is 0 Å². The van der Waals surface area contributed by atoms with E-state index in [4.69, 9.17) is 0 Å². The van der Waals surface area contributed by atoms with Crippen LogP contribution in [-0.4, -0.2) is 25.7 Å². The minimum atomic E-state index is -0.445. The molecule has 4 rings (SSSR count). The fourth-order valence-electron chi connectivity index (χ4n) is 3.91. The molecule has 4 aromatic rings. The second-order valence-corrected chi connectivity index (χ2v) is 8.53. The van der Waals surface area contributed by atoms with E-state index >= 15 is 0 Å². The Labute approximate surface area is 202 Å². The first-order chi connectivity index (χ1) is 16.8. The molecule has 2 heterocycles. The molecule has 0 saturated carbocycles. The summed E-state index contributed by atoms with van der Waals surface area (Å²) in [6, 6.07) is 19.8. The van der Waals surface area contributed by atoms with E-state index in [2.05, 4.69) is 4.98 Å². The normalized spacial score (nSPS) is 10.8. The molecule has 0 saturated heterocycles. The maximum absolute atomic E-state index is 13.3. The molecular formula is C28H25N3O4. The number of hydrogen-bond acceptors (Lipinski definition) is 5. The number of hydrogen-bond donors (Lipinski definition) is 0. The number of nitrogens with zero attached hydrogens (tertiary/aromatic N) is 3. The second kappa shape index (κ2) is 10.3. The minimum absolute atomic E-state index is 0.0195. The van der Waals surface area contributed by atoms with Crippen molar-refractivity contribution in [2.45, 2.75) is 26.3 Å². The van der Waals surface area contributed by atoms with E-state index in [0.29, 0.717) is 17.5 Å². The van der Waals surface area contributed by atoms with Crippen molar-refractivity contribution >= 4 is 11.6 Å². The van der Waals surface area contributed by atoms with Gasteiger partial charge in [-0.05, 0) is 53.8 Å². The highest BCUT2D eigenvalue weighted by Gasteiger charge is 2.19. The molecular weight excluding hydrogens is 442 g/mol. The van der Waals surface area contributed by atoms with Crippen molar-refractivity contribution in [3.8, 4) is 0 Å². The Morgan fingerprint density at radius 2 is 1.66 bits per heavy atom. The van der Waals surface area contributed by atoms with Crippen LogP contribution in [0.25, 0.3) is 0 Å². The predicted molar refractivity (Wildman–Crippen MR) is 133 cm³/mol. The molecule has 7 nitrogen and oxygen atoms in total. The third-order valence-corrected chi connectivity index (χ3v) is 5.81. The van der Waals surface area contributed by atoms with Crippen molar-refractivity contribution in [2.24, 2.45) is 7.05 Å². The standard InChI is InChI=1S/C28H25N3O4/c1-19-10-12-29-24(14-19)26(33)17-25(32)23-16-21(18-31-27(34)11-13-30(2)28(31)35)8-9-22(23)15-20-6-4-3-5-7-20/h3-14,16H,15,17-18H2,1-2H3. The van der Waals surface area contributed by atoms with Gasteiger partial charge in [-0.3, -0.25) is 23.9 Å². The summed E-state index contributed by atoms with van der Waals surface area (Å²) in [6.45, 7) is 1.88. The molecule has 0 atom stereocenters. The number of pyridine rings is 1. The summed E-state index contributed by atoms with van der Waals surface area (Å²) in [6.07, 6.45) is 3.15. The smallest absolute Gasteiger partial charge is 0.303 e. The predicted octanol–water partition coefficient (Wildman–Crippen LogP) is 3.35. The number of aryl methyl sites for hydroxylation is 2. The number of aromatic nitrogens is 3. The van der Waals surface area contributed by atoms with Crippen LogP contribution in [0.2, 0.25) is 0 Å². The molecule has 0 radical (unpaired) electrons. The summed E-state index contributed by atoms with van der Waals surface area (Å²) in [5.41, 5.74) is 3.08. The zero-order valence-electron chi connectivity index (χ0n) is 19.6. The lowest BCUT2D eigenvalue weighted by molar-refractivity contribution is 0.0891. The Morgan fingerprint density at radius 3 is 2.40 bits per heavy atom. The van der Waals surface area contributed by atoms with E-state index < -0.39 is 11.2 Å². The zero-order chi connectivity index (χ0) is 24.9. The summed E-state index contributed by atoms with van der Waals surface area (Å²) in [5.74, 6) is -0.692. The van der Waals surface area contributed by atoms with Gasteiger partial charge in [0.05, 0.1) is 13.0 Å². The van der Waals surface area contributed by atoms with Gasteiger partial charge in [0, 0.05) is 31.1 Å².